The van der Waals surface area contributed by atoms with E-state index >= 15 is 0 Å². The number of unbranched alkanes of at least 4 members (excludes halogenated alkanes) is 19. The molecule has 4 aliphatic rings. The third kappa shape index (κ3) is 10.2. The van der Waals surface area contributed by atoms with Crippen LogP contribution in [0.4, 0.5) is 0 Å². The molecule has 46 heavy (non-hydrogen) atoms. The number of fused-ring (bicyclic) bond motifs is 5. The molecule has 0 spiro atoms. The first-order valence-electron chi connectivity index (χ1n) is 20.4. The Hall–Kier alpha value is -1.67. The molecule has 0 heterocycles. The van der Waals surface area contributed by atoms with Gasteiger partial charge < -0.3 is 4.74 Å². The lowest BCUT2D eigenvalue weighted by atomic mass is 9.49. The van der Waals surface area contributed by atoms with Crippen molar-refractivity contribution in [1.29, 1.82) is 0 Å². The van der Waals surface area contributed by atoms with Crippen LogP contribution in [0.2, 0.25) is 0 Å². The Morgan fingerprint density at radius 1 is 0.696 bits per heavy atom. The highest BCUT2D eigenvalue weighted by Gasteiger charge is 2.64. The Morgan fingerprint density at radius 3 is 1.85 bits per heavy atom. The van der Waals surface area contributed by atoms with Crippen molar-refractivity contribution < 1.29 is 9.53 Å². The Labute approximate surface area is 285 Å². The second kappa shape index (κ2) is 20.0. The van der Waals surface area contributed by atoms with Crippen molar-refractivity contribution in [2.75, 3.05) is 0 Å². The summed E-state index contributed by atoms with van der Waals surface area (Å²) >= 11 is 0. The molecule has 0 radical (unpaired) electrons. The van der Waals surface area contributed by atoms with E-state index in [0.29, 0.717) is 5.92 Å². The molecule has 2 heteroatoms. The summed E-state index contributed by atoms with van der Waals surface area (Å²) in [4.78, 5) is 13.0. The van der Waals surface area contributed by atoms with Crippen LogP contribution < -0.4 is 0 Å². The minimum Gasteiger partial charge on any atom is -0.436 e. The maximum atomic E-state index is 13.0. The molecule has 0 aromatic carbocycles. The number of rotatable bonds is 20. The van der Waals surface area contributed by atoms with E-state index in [1.807, 2.05) is 0 Å². The first-order valence-corrected chi connectivity index (χ1v) is 20.4. The topological polar surface area (TPSA) is 26.3 Å². The maximum absolute atomic E-state index is 13.0. The molecule has 7 atom stereocenters. The highest BCUT2D eigenvalue weighted by Crippen LogP contribution is 2.65. The molecule has 4 aliphatic carbocycles. The van der Waals surface area contributed by atoms with Crippen LogP contribution in [0.15, 0.2) is 12.2 Å². The average Bonchev–Trinajstić information content (AvgIpc) is 3.37. The maximum Gasteiger partial charge on any atom is 0.385 e. The molecule has 1 unspecified atom stereocenters. The lowest BCUT2D eigenvalue weighted by Gasteiger charge is -2.56. The molecular weight excluding hydrogens is 560 g/mol. The van der Waals surface area contributed by atoms with Crippen LogP contribution >= 0.6 is 0 Å². The van der Waals surface area contributed by atoms with Gasteiger partial charge in [0.15, 0.2) is 5.60 Å². The molecule has 0 aromatic heterocycles. The summed E-state index contributed by atoms with van der Waals surface area (Å²) in [6.07, 6.45) is 47.5. The third-order valence-corrected chi connectivity index (χ3v) is 13.2. The van der Waals surface area contributed by atoms with Crippen LogP contribution in [-0.4, -0.2) is 11.6 Å². The van der Waals surface area contributed by atoms with Gasteiger partial charge in [0.2, 0.25) is 0 Å². The monoisotopic (exact) mass is 631 g/mol. The van der Waals surface area contributed by atoms with Gasteiger partial charge in [0.05, 0.1) is 0 Å². The van der Waals surface area contributed by atoms with E-state index in [9.17, 15) is 4.79 Å². The molecule has 258 valence electrons. The Kier molecular flexibility index (Phi) is 16.1. The molecule has 0 bridgehead atoms. The molecule has 0 aliphatic heterocycles. The highest BCUT2D eigenvalue weighted by atomic mass is 16.6. The van der Waals surface area contributed by atoms with Crippen molar-refractivity contribution in [3.8, 4) is 24.2 Å². The number of allylic oxidation sites excluding steroid dienone is 2. The zero-order valence-electron chi connectivity index (χ0n) is 30.2. The standard InChI is InChI=1S/C44H70O2/c1-4-6-7-8-9-10-11-12-13-14-15-16-17-18-19-20-21-22-23-24-25-30-42(45)46-44(5-2)36-34-41-40-32-31-37-28-26-27-29-38(37)39(40)33-35-43(41,44)3/h2,26-27,37-41H,4,6-24,28-29,31-36H2,1,3H3/t37?,38-,39+,40+,41-,43-,44-/m0/s1. The van der Waals surface area contributed by atoms with Gasteiger partial charge in [0.1, 0.15) is 0 Å². The average molecular weight is 631 g/mol. The van der Waals surface area contributed by atoms with Crippen molar-refractivity contribution in [2.45, 2.75) is 199 Å². The summed E-state index contributed by atoms with van der Waals surface area (Å²) < 4.78 is 6.19. The first-order chi connectivity index (χ1) is 22.5. The minimum absolute atomic E-state index is 0.120. The summed E-state index contributed by atoms with van der Waals surface area (Å²) in [7, 11) is 0. The fourth-order valence-electron chi connectivity index (χ4n) is 10.5. The quantitative estimate of drug-likeness (QED) is 0.0440. The Balaban J connectivity index is 1.02. The van der Waals surface area contributed by atoms with Crippen LogP contribution in [0.5, 0.6) is 0 Å². The van der Waals surface area contributed by atoms with Crippen molar-refractivity contribution >= 4 is 5.97 Å². The summed E-state index contributed by atoms with van der Waals surface area (Å²) in [6, 6.07) is 0. The number of terminal acetylenes is 1. The molecule has 0 aromatic rings. The second-order valence-corrected chi connectivity index (χ2v) is 16.1. The van der Waals surface area contributed by atoms with Crippen molar-refractivity contribution in [1.82, 2.24) is 0 Å². The fourth-order valence-corrected chi connectivity index (χ4v) is 10.5. The molecule has 0 saturated heterocycles. The van der Waals surface area contributed by atoms with Gasteiger partial charge in [-0.05, 0) is 87.4 Å². The van der Waals surface area contributed by atoms with E-state index in [0.717, 1.165) is 55.8 Å². The normalized spacial score (nSPS) is 31.2. The zero-order valence-corrected chi connectivity index (χ0v) is 30.2. The number of hydrogen-bond donors (Lipinski definition) is 0. The number of hydrogen-bond acceptors (Lipinski definition) is 2. The van der Waals surface area contributed by atoms with Crippen LogP contribution in [0.25, 0.3) is 0 Å². The van der Waals surface area contributed by atoms with E-state index in [4.69, 9.17) is 11.2 Å². The molecule has 2 nitrogen and oxygen atoms in total. The summed E-state index contributed by atoms with van der Waals surface area (Å²) in [5, 5.41) is 0. The van der Waals surface area contributed by atoms with E-state index in [1.165, 1.54) is 148 Å². The number of ether oxygens (including phenoxy) is 1. The van der Waals surface area contributed by atoms with Crippen LogP contribution in [-0.2, 0) is 9.53 Å². The number of carbonyl (C=O) groups excluding carboxylic acids is 1. The zero-order chi connectivity index (χ0) is 32.5. The highest BCUT2D eigenvalue weighted by molar-refractivity contribution is 5.89. The van der Waals surface area contributed by atoms with Crippen molar-refractivity contribution in [3.63, 3.8) is 0 Å². The predicted octanol–water partition coefficient (Wildman–Crippen LogP) is 12.5. The van der Waals surface area contributed by atoms with Crippen LogP contribution in [0.1, 0.15) is 194 Å². The lowest BCUT2D eigenvalue weighted by molar-refractivity contribution is -0.164. The predicted molar refractivity (Wildman–Crippen MR) is 195 cm³/mol. The smallest absolute Gasteiger partial charge is 0.385 e. The van der Waals surface area contributed by atoms with Gasteiger partial charge in [0, 0.05) is 17.8 Å². The summed E-state index contributed by atoms with van der Waals surface area (Å²) in [6.45, 7) is 4.63. The van der Waals surface area contributed by atoms with E-state index < -0.39 is 11.6 Å². The van der Waals surface area contributed by atoms with Crippen LogP contribution in [0, 0.1) is 59.2 Å². The van der Waals surface area contributed by atoms with Crippen LogP contribution in [0.3, 0.4) is 0 Å². The van der Waals surface area contributed by atoms with Gasteiger partial charge in [-0.1, -0.05) is 153 Å². The van der Waals surface area contributed by atoms with E-state index in [2.05, 4.69) is 43.8 Å². The molecule has 3 fully saturated rings. The lowest BCUT2D eigenvalue weighted by Crippen LogP contribution is -2.54. The summed E-state index contributed by atoms with van der Waals surface area (Å²) in [5.41, 5.74) is -0.907. The number of carbonyl (C=O) groups is 1. The molecule has 4 rings (SSSR count). The largest absolute Gasteiger partial charge is 0.436 e. The first kappa shape index (κ1) is 37.2. The second-order valence-electron chi connectivity index (χ2n) is 16.1. The van der Waals surface area contributed by atoms with Gasteiger partial charge in [0.25, 0.3) is 0 Å². The van der Waals surface area contributed by atoms with E-state index in [1.54, 1.807) is 0 Å². The van der Waals surface area contributed by atoms with Gasteiger partial charge in [-0.15, -0.1) is 6.42 Å². The van der Waals surface area contributed by atoms with E-state index in [-0.39, 0.29) is 5.41 Å². The minimum atomic E-state index is -0.787. The molecule has 3 saturated carbocycles. The fraction of sp³-hybridized carbons (Fsp3) is 0.841. The van der Waals surface area contributed by atoms with Gasteiger partial charge in [-0.2, -0.15) is 0 Å². The van der Waals surface area contributed by atoms with Gasteiger partial charge in [-0.25, -0.2) is 4.79 Å². The molecule has 0 N–H and O–H groups in total. The summed E-state index contributed by atoms with van der Waals surface area (Å²) in [5.74, 6) is 12.4. The third-order valence-electron chi connectivity index (χ3n) is 13.2. The van der Waals surface area contributed by atoms with Crippen molar-refractivity contribution in [3.05, 3.63) is 12.2 Å². The van der Waals surface area contributed by atoms with Crippen molar-refractivity contribution in [2.24, 2.45) is 35.0 Å². The number of esters is 1. The van der Waals surface area contributed by atoms with Gasteiger partial charge >= 0.3 is 5.97 Å². The Bertz CT molecular complexity index is 1020. The molecular formula is C44H70O2. The van der Waals surface area contributed by atoms with Gasteiger partial charge in [-0.3, -0.25) is 0 Å². The Morgan fingerprint density at radius 2 is 1.26 bits per heavy atom. The molecule has 0 amide bonds. The SMILES string of the molecule is C#C[C@]1(OC(=O)C#CCCCCCCCCCCCCCCCCCCCCC)CC[C@H]2[C@@H]3CCC4CC=CC[C@@H]4[C@H]3CC[C@@]21C.